The van der Waals surface area contributed by atoms with E-state index in [0.717, 1.165) is 22.3 Å². The van der Waals surface area contributed by atoms with Gasteiger partial charge in [-0.1, -0.05) is 19.3 Å². The Kier molecular flexibility index (Phi) is 4.25. The van der Waals surface area contributed by atoms with E-state index in [0.29, 0.717) is 12.6 Å². The zero-order chi connectivity index (χ0) is 14.7. The molecule has 4 heteroatoms. The molecule has 0 atom stereocenters. The zero-order valence-corrected chi connectivity index (χ0v) is 12.3. The maximum atomic E-state index is 9.44. The third kappa shape index (κ3) is 2.81. The summed E-state index contributed by atoms with van der Waals surface area (Å²) in [6.45, 7) is 0.793. The van der Waals surface area contributed by atoms with Crippen molar-refractivity contribution in [3.8, 4) is 0 Å². The van der Waals surface area contributed by atoms with Gasteiger partial charge in [0.1, 0.15) is 0 Å². The molecule has 1 aromatic heterocycles. The van der Waals surface area contributed by atoms with Crippen LogP contribution in [0.1, 0.15) is 32.1 Å². The summed E-state index contributed by atoms with van der Waals surface area (Å²) in [5.41, 5.74) is 9.13. The Balaban J connectivity index is 2.00. The van der Waals surface area contributed by atoms with Gasteiger partial charge in [-0.15, -0.1) is 0 Å². The van der Waals surface area contributed by atoms with Crippen LogP contribution in [0.25, 0.3) is 10.9 Å². The lowest BCUT2D eigenvalue weighted by molar-refractivity contribution is 0.290. The van der Waals surface area contributed by atoms with E-state index < -0.39 is 0 Å². The molecule has 1 heterocycles. The number of hydrogen-bond donors (Lipinski definition) is 2. The number of pyridine rings is 1. The monoisotopic (exact) mass is 285 g/mol. The van der Waals surface area contributed by atoms with Crippen molar-refractivity contribution in [2.75, 3.05) is 23.8 Å². The Morgan fingerprint density at radius 1 is 1.19 bits per heavy atom. The molecule has 112 valence electrons. The summed E-state index contributed by atoms with van der Waals surface area (Å²) in [6.07, 6.45) is 8.01. The Bertz CT molecular complexity index is 608. The summed E-state index contributed by atoms with van der Waals surface area (Å²) in [5.74, 6) is 0. The highest BCUT2D eigenvalue weighted by Crippen LogP contribution is 2.34. The summed E-state index contributed by atoms with van der Waals surface area (Å²) >= 11 is 0. The molecule has 0 radical (unpaired) electrons. The second-order valence-electron chi connectivity index (χ2n) is 5.78. The first-order chi connectivity index (χ1) is 10.3. The maximum Gasteiger partial charge on any atom is 0.0724 e. The van der Waals surface area contributed by atoms with Crippen LogP contribution in [-0.2, 0) is 0 Å². The second kappa shape index (κ2) is 6.31. The number of hydrogen-bond acceptors (Lipinski definition) is 4. The minimum atomic E-state index is 0.154. The van der Waals surface area contributed by atoms with E-state index >= 15 is 0 Å². The average molecular weight is 285 g/mol. The highest BCUT2D eigenvalue weighted by atomic mass is 16.3. The van der Waals surface area contributed by atoms with Crippen LogP contribution < -0.4 is 10.6 Å². The molecule has 1 aliphatic carbocycles. The number of benzene rings is 1. The molecule has 0 amide bonds. The van der Waals surface area contributed by atoms with Gasteiger partial charge in [-0.25, -0.2) is 0 Å². The smallest absolute Gasteiger partial charge is 0.0724 e. The standard InChI is InChI=1S/C17H23N3O/c18-17-14-7-4-10-19-15(14)8-9-16(17)20(11-12-21)13-5-2-1-3-6-13/h4,7-10,13,21H,1-3,5-6,11-12,18H2. The SMILES string of the molecule is Nc1c(N(CCO)C2CCCCC2)ccc2ncccc12. The lowest BCUT2D eigenvalue weighted by atomic mass is 9.93. The van der Waals surface area contributed by atoms with Crippen molar-refractivity contribution in [3.63, 3.8) is 0 Å². The summed E-state index contributed by atoms with van der Waals surface area (Å²) in [4.78, 5) is 6.65. The van der Waals surface area contributed by atoms with Crippen molar-refractivity contribution in [1.82, 2.24) is 4.98 Å². The van der Waals surface area contributed by atoms with Gasteiger partial charge in [-0.05, 0) is 37.1 Å². The van der Waals surface area contributed by atoms with Crippen LogP contribution in [0.3, 0.4) is 0 Å². The van der Waals surface area contributed by atoms with Crippen LogP contribution in [0.4, 0.5) is 11.4 Å². The van der Waals surface area contributed by atoms with Gasteiger partial charge in [-0.2, -0.15) is 0 Å². The van der Waals surface area contributed by atoms with Crippen LogP contribution in [-0.4, -0.2) is 29.3 Å². The van der Waals surface area contributed by atoms with E-state index in [1.54, 1.807) is 6.20 Å². The molecule has 0 aliphatic heterocycles. The number of fused-ring (bicyclic) bond motifs is 1. The molecule has 0 bridgehead atoms. The number of nitrogen functional groups attached to an aromatic ring is 1. The van der Waals surface area contributed by atoms with Crippen molar-refractivity contribution in [2.24, 2.45) is 0 Å². The summed E-state index contributed by atoms with van der Waals surface area (Å²) in [7, 11) is 0. The first-order valence-corrected chi connectivity index (χ1v) is 7.82. The average Bonchev–Trinajstić information content (AvgIpc) is 2.55. The molecular weight excluding hydrogens is 262 g/mol. The number of nitrogens with two attached hydrogens (primary N) is 1. The molecule has 1 fully saturated rings. The molecule has 4 nitrogen and oxygen atoms in total. The van der Waals surface area contributed by atoms with Gasteiger partial charge in [0, 0.05) is 24.2 Å². The Hall–Kier alpha value is -1.81. The van der Waals surface area contributed by atoms with Gasteiger partial charge in [-0.3, -0.25) is 4.98 Å². The molecule has 1 aliphatic rings. The number of aliphatic hydroxyl groups is 1. The lowest BCUT2D eigenvalue weighted by Gasteiger charge is -2.36. The Morgan fingerprint density at radius 3 is 2.76 bits per heavy atom. The number of nitrogens with zero attached hydrogens (tertiary/aromatic N) is 2. The van der Waals surface area contributed by atoms with E-state index in [4.69, 9.17) is 5.73 Å². The highest BCUT2D eigenvalue weighted by Gasteiger charge is 2.23. The number of rotatable bonds is 4. The van der Waals surface area contributed by atoms with Crippen molar-refractivity contribution >= 4 is 22.3 Å². The number of aliphatic hydroxyl groups excluding tert-OH is 1. The van der Waals surface area contributed by atoms with E-state index in [2.05, 4.69) is 16.0 Å². The fraction of sp³-hybridized carbons (Fsp3) is 0.471. The molecule has 1 aromatic carbocycles. The van der Waals surface area contributed by atoms with Gasteiger partial charge in [0.05, 0.1) is 23.5 Å². The van der Waals surface area contributed by atoms with Crippen LogP contribution >= 0.6 is 0 Å². The Labute approximate surface area is 125 Å². The first kappa shape index (κ1) is 14.1. The molecule has 3 N–H and O–H groups in total. The van der Waals surface area contributed by atoms with Crippen LogP contribution in [0, 0.1) is 0 Å². The van der Waals surface area contributed by atoms with E-state index in [1.807, 2.05) is 18.2 Å². The van der Waals surface area contributed by atoms with Crippen molar-refractivity contribution in [1.29, 1.82) is 0 Å². The Morgan fingerprint density at radius 2 is 2.00 bits per heavy atom. The predicted molar refractivity (Wildman–Crippen MR) is 87.5 cm³/mol. The normalized spacial score (nSPS) is 16.2. The first-order valence-electron chi connectivity index (χ1n) is 7.82. The molecule has 0 saturated heterocycles. The van der Waals surface area contributed by atoms with Gasteiger partial charge < -0.3 is 15.7 Å². The molecule has 3 rings (SSSR count). The number of aromatic nitrogens is 1. The quantitative estimate of drug-likeness (QED) is 0.848. The molecule has 2 aromatic rings. The van der Waals surface area contributed by atoms with Crippen LogP contribution in [0.15, 0.2) is 30.5 Å². The minimum Gasteiger partial charge on any atom is -0.396 e. The third-order valence-electron chi connectivity index (χ3n) is 4.47. The van der Waals surface area contributed by atoms with Crippen LogP contribution in [0.5, 0.6) is 0 Å². The van der Waals surface area contributed by atoms with Gasteiger partial charge in [0.2, 0.25) is 0 Å². The maximum absolute atomic E-state index is 9.44. The lowest BCUT2D eigenvalue weighted by Crippen LogP contribution is -2.39. The predicted octanol–water partition coefficient (Wildman–Crippen LogP) is 2.95. The zero-order valence-electron chi connectivity index (χ0n) is 12.3. The largest absolute Gasteiger partial charge is 0.396 e. The fourth-order valence-corrected chi connectivity index (χ4v) is 3.41. The topological polar surface area (TPSA) is 62.4 Å². The summed E-state index contributed by atoms with van der Waals surface area (Å²) in [6, 6.07) is 8.49. The molecular formula is C17H23N3O. The van der Waals surface area contributed by atoms with E-state index in [1.165, 1.54) is 32.1 Å². The highest BCUT2D eigenvalue weighted by molar-refractivity contribution is 5.97. The minimum absolute atomic E-state index is 0.154. The summed E-state index contributed by atoms with van der Waals surface area (Å²) in [5, 5.41) is 10.4. The van der Waals surface area contributed by atoms with Crippen molar-refractivity contribution in [3.05, 3.63) is 30.5 Å². The molecule has 21 heavy (non-hydrogen) atoms. The van der Waals surface area contributed by atoms with Gasteiger partial charge in [0.15, 0.2) is 0 Å². The molecule has 0 unspecified atom stereocenters. The third-order valence-corrected chi connectivity index (χ3v) is 4.47. The fourth-order valence-electron chi connectivity index (χ4n) is 3.41. The van der Waals surface area contributed by atoms with Gasteiger partial charge >= 0.3 is 0 Å². The second-order valence-corrected chi connectivity index (χ2v) is 5.78. The van der Waals surface area contributed by atoms with E-state index in [-0.39, 0.29) is 6.61 Å². The number of anilines is 2. The molecule has 1 saturated carbocycles. The van der Waals surface area contributed by atoms with Crippen LogP contribution in [0.2, 0.25) is 0 Å². The van der Waals surface area contributed by atoms with Crippen molar-refractivity contribution < 1.29 is 5.11 Å². The molecule has 0 spiro atoms. The summed E-state index contributed by atoms with van der Waals surface area (Å²) < 4.78 is 0. The van der Waals surface area contributed by atoms with Crippen molar-refractivity contribution in [2.45, 2.75) is 38.1 Å². The van der Waals surface area contributed by atoms with Gasteiger partial charge in [0.25, 0.3) is 0 Å². The van der Waals surface area contributed by atoms with E-state index in [9.17, 15) is 5.11 Å².